The maximum Gasteiger partial charge on any atom is 0.0860 e. The number of alkyl halides is 1. The molecule has 0 saturated heterocycles. The second kappa shape index (κ2) is 6.24. The van der Waals surface area contributed by atoms with Gasteiger partial charge in [-0.15, -0.1) is 22.9 Å². The first kappa shape index (κ1) is 15.3. The van der Waals surface area contributed by atoms with Gasteiger partial charge in [0, 0.05) is 17.2 Å². The van der Waals surface area contributed by atoms with Crippen molar-refractivity contribution in [2.75, 3.05) is 0 Å². The molecule has 0 nitrogen and oxygen atoms in total. The summed E-state index contributed by atoms with van der Waals surface area (Å²) >= 11 is 17.9. The summed E-state index contributed by atoms with van der Waals surface area (Å²) in [6, 6.07) is 12.5. The van der Waals surface area contributed by atoms with Crippen molar-refractivity contribution < 1.29 is 0 Å². The van der Waals surface area contributed by atoms with E-state index in [2.05, 4.69) is 90.2 Å². The highest BCUT2D eigenvalue weighted by Crippen LogP contribution is 2.41. The van der Waals surface area contributed by atoms with Gasteiger partial charge in [-0.2, -0.15) is 0 Å². The van der Waals surface area contributed by atoms with Crippen LogP contribution in [0.25, 0.3) is 10.1 Å². The Morgan fingerprint density at radius 1 is 1.10 bits per heavy atom. The lowest BCUT2D eigenvalue weighted by atomic mass is 10.0. The van der Waals surface area contributed by atoms with Crippen molar-refractivity contribution in [1.29, 1.82) is 0 Å². The molecule has 0 amide bonds. The van der Waals surface area contributed by atoms with E-state index in [4.69, 9.17) is 11.6 Å². The molecule has 0 aliphatic rings. The van der Waals surface area contributed by atoms with E-state index in [1.54, 1.807) is 11.3 Å². The van der Waals surface area contributed by atoms with Crippen molar-refractivity contribution in [3.8, 4) is 0 Å². The summed E-state index contributed by atoms with van der Waals surface area (Å²) in [5.74, 6) is 0. The monoisotopic (exact) mass is 540 g/mol. The van der Waals surface area contributed by atoms with Crippen molar-refractivity contribution in [2.45, 2.75) is 5.38 Å². The molecule has 0 spiro atoms. The lowest BCUT2D eigenvalue weighted by molar-refractivity contribution is 1.15. The lowest BCUT2D eigenvalue weighted by Crippen LogP contribution is -1.95. The van der Waals surface area contributed by atoms with Crippen LogP contribution < -0.4 is 0 Å². The van der Waals surface area contributed by atoms with E-state index in [1.807, 2.05) is 6.07 Å². The van der Waals surface area contributed by atoms with Gasteiger partial charge in [-0.05, 0) is 84.7 Å². The number of rotatable bonds is 2. The summed E-state index contributed by atoms with van der Waals surface area (Å²) in [5.41, 5.74) is 2.31. The summed E-state index contributed by atoms with van der Waals surface area (Å²) in [4.78, 5) is 0. The van der Waals surface area contributed by atoms with Gasteiger partial charge in [-0.3, -0.25) is 0 Å². The SMILES string of the molecule is ClC(c1cc(Br)ccc1I)c1csc2c(Br)cccc12. The molecule has 0 saturated carbocycles. The van der Waals surface area contributed by atoms with E-state index in [0.29, 0.717) is 0 Å². The molecule has 5 heteroatoms. The molecular formula is C15H8Br2ClIS. The third kappa shape index (κ3) is 2.82. The normalized spacial score (nSPS) is 12.8. The Morgan fingerprint density at radius 3 is 2.70 bits per heavy atom. The minimum atomic E-state index is -0.137. The molecule has 2 aromatic carbocycles. The van der Waals surface area contributed by atoms with E-state index in [-0.39, 0.29) is 5.38 Å². The predicted octanol–water partition coefficient (Wildman–Crippen LogP) is 7.36. The van der Waals surface area contributed by atoms with Crippen LogP contribution in [-0.4, -0.2) is 0 Å². The fourth-order valence-electron chi connectivity index (χ4n) is 2.11. The first-order chi connectivity index (χ1) is 9.58. The molecule has 0 fully saturated rings. The fourth-order valence-corrected chi connectivity index (χ4v) is 5.41. The maximum atomic E-state index is 6.75. The van der Waals surface area contributed by atoms with E-state index in [9.17, 15) is 0 Å². The summed E-state index contributed by atoms with van der Waals surface area (Å²) in [5, 5.41) is 3.24. The Morgan fingerprint density at radius 2 is 1.90 bits per heavy atom. The third-order valence-electron chi connectivity index (χ3n) is 3.09. The number of halogens is 4. The third-order valence-corrected chi connectivity index (χ3v) is 7.00. The molecule has 0 N–H and O–H groups in total. The predicted molar refractivity (Wildman–Crippen MR) is 104 cm³/mol. The Balaban J connectivity index is 2.15. The van der Waals surface area contributed by atoms with Crippen LogP contribution in [0.1, 0.15) is 16.5 Å². The van der Waals surface area contributed by atoms with Crippen molar-refractivity contribution >= 4 is 87.5 Å². The molecule has 0 aliphatic carbocycles. The first-order valence-corrected chi connectivity index (χ1v) is 9.80. The number of benzene rings is 2. The van der Waals surface area contributed by atoms with Crippen LogP contribution in [-0.2, 0) is 0 Å². The van der Waals surface area contributed by atoms with Crippen LogP contribution in [0.4, 0.5) is 0 Å². The van der Waals surface area contributed by atoms with Gasteiger partial charge in [0.2, 0.25) is 0 Å². The van der Waals surface area contributed by atoms with E-state index >= 15 is 0 Å². The molecule has 102 valence electrons. The smallest absolute Gasteiger partial charge is 0.0860 e. The molecule has 1 unspecified atom stereocenters. The number of fused-ring (bicyclic) bond motifs is 1. The molecule has 1 heterocycles. The highest BCUT2D eigenvalue weighted by molar-refractivity contribution is 14.1. The van der Waals surface area contributed by atoms with Gasteiger partial charge < -0.3 is 0 Å². The molecule has 3 aromatic rings. The van der Waals surface area contributed by atoms with Crippen molar-refractivity contribution in [2.24, 2.45) is 0 Å². The zero-order valence-corrected chi connectivity index (χ0v) is 16.9. The molecule has 0 radical (unpaired) electrons. The zero-order chi connectivity index (χ0) is 14.3. The quantitative estimate of drug-likeness (QED) is 0.235. The highest BCUT2D eigenvalue weighted by atomic mass is 127. The summed E-state index contributed by atoms with van der Waals surface area (Å²) in [6.45, 7) is 0. The molecule has 3 rings (SSSR count). The average Bonchev–Trinajstić information content (AvgIpc) is 2.86. The van der Waals surface area contributed by atoms with Gasteiger partial charge in [0.15, 0.2) is 0 Å². The van der Waals surface area contributed by atoms with Gasteiger partial charge in [-0.25, -0.2) is 0 Å². The van der Waals surface area contributed by atoms with Gasteiger partial charge in [-0.1, -0.05) is 28.1 Å². The molecule has 1 aromatic heterocycles. The van der Waals surface area contributed by atoms with Gasteiger partial charge in [0.05, 0.1) is 5.38 Å². The van der Waals surface area contributed by atoms with Crippen LogP contribution in [0.15, 0.2) is 50.7 Å². The van der Waals surface area contributed by atoms with Crippen molar-refractivity contribution in [3.63, 3.8) is 0 Å². The van der Waals surface area contributed by atoms with Crippen molar-refractivity contribution in [1.82, 2.24) is 0 Å². The molecule has 1 atom stereocenters. The van der Waals surface area contributed by atoms with Crippen LogP contribution >= 0.6 is 77.4 Å². The molecule has 0 aliphatic heterocycles. The van der Waals surface area contributed by atoms with Gasteiger partial charge in [0.25, 0.3) is 0 Å². The second-order valence-corrected chi connectivity index (χ2v) is 8.58. The Bertz CT molecular complexity index is 785. The molecule has 0 bridgehead atoms. The number of thiophene rings is 1. The Hall–Kier alpha value is 0.380. The van der Waals surface area contributed by atoms with Crippen LogP contribution in [0.2, 0.25) is 0 Å². The van der Waals surface area contributed by atoms with Gasteiger partial charge >= 0.3 is 0 Å². The van der Waals surface area contributed by atoms with E-state index in [1.165, 1.54) is 19.2 Å². The van der Waals surface area contributed by atoms with E-state index in [0.717, 1.165) is 14.5 Å². The zero-order valence-electron chi connectivity index (χ0n) is 10.0. The fraction of sp³-hybridized carbons (Fsp3) is 0.0667. The number of hydrogen-bond acceptors (Lipinski definition) is 1. The highest BCUT2D eigenvalue weighted by Gasteiger charge is 2.18. The minimum Gasteiger partial charge on any atom is -0.142 e. The topological polar surface area (TPSA) is 0 Å². The van der Waals surface area contributed by atoms with Gasteiger partial charge in [0.1, 0.15) is 0 Å². The second-order valence-electron chi connectivity index (χ2n) is 4.34. The summed E-state index contributed by atoms with van der Waals surface area (Å²) in [7, 11) is 0. The Kier molecular flexibility index (Phi) is 4.77. The lowest BCUT2D eigenvalue weighted by Gasteiger charge is -2.12. The van der Waals surface area contributed by atoms with E-state index < -0.39 is 0 Å². The minimum absolute atomic E-state index is 0.137. The molecule has 20 heavy (non-hydrogen) atoms. The Labute approximate surface area is 156 Å². The first-order valence-electron chi connectivity index (χ1n) is 5.82. The number of hydrogen-bond donors (Lipinski definition) is 0. The summed E-state index contributed by atoms with van der Waals surface area (Å²) < 4.78 is 4.61. The maximum absolute atomic E-state index is 6.75. The van der Waals surface area contributed by atoms with Crippen LogP contribution in [0.3, 0.4) is 0 Å². The van der Waals surface area contributed by atoms with Crippen LogP contribution in [0.5, 0.6) is 0 Å². The largest absolute Gasteiger partial charge is 0.142 e. The summed E-state index contributed by atoms with van der Waals surface area (Å²) in [6.07, 6.45) is 0. The molecular weight excluding hydrogens is 534 g/mol. The van der Waals surface area contributed by atoms with Crippen molar-refractivity contribution in [3.05, 3.63) is 65.4 Å². The average molecular weight is 542 g/mol. The van der Waals surface area contributed by atoms with Crippen LogP contribution in [0, 0.1) is 3.57 Å². The standard InChI is InChI=1S/C15H8Br2ClIS/c16-8-4-5-13(19)10(6-8)14(18)11-7-20-15-9(11)2-1-3-12(15)17/h1-7,14H.